The molecule has 1 fully saturated rings. The normalized spacial score (nSPS) is 17.3. The Kier molecular flexibility index (Phi) is 5.24. The monoisotopic (exact) mass is 336 g/mol. The Hall–Kier alpha value is -1.93. The van der Waals surface area contributed by atoms with Gasteiger partial charge in [-0.05, 0) is 24.3 Å². The molecule has 0 radical (unpaired) electrons. The zero-order valence-electron chi connectivity index (χ0n) is 13.0. The number of likely N-dealkylation sites (N-methyl/N-ethyl adjacent to an activating group) is 1. The molecular weight excluding hydrogens is 316 g/mol. The number of aromatic nitrogens is 2. The highest BCUT2D eigenvalue weighted by molar-refractivity contribution is 7.09. The molecule has 3 rings (SSSR count). The lowest BCUT2D eigenvalue weighted by Gasteiger charge is -2.20. The molecule has 2 aromatic rings. The van der Waals surface area contributed by atoms with Crippen LogP contribution in [0.1, 0.15) is 29.4 Å². The lowest BCUT2D eigenvalue weighted by molar-refractivity contribution is 0.0873. The van der Waals surface area contributed by atoms with E-state index >= 15 is 0 Å². The number of carbonyl (C=O) groups excluding carboxylic acids is 1. The smallest absolute Gasteiger partial charge is 0.317 e. The van der Waals surface area contributed by atoms with Crippen LogP contribution in [-0.2, 0) is 17.7 Å². The summed E-state index contributed by atoms with van der Waals surface area (Å²) in [6, 6.07) is 3.85. The van der Waals surface area contributed by atoms with E-state index < -0.39 is 0 Å². The van der Waals surface area contributed by atoms with Crippen LogP contribution in [0, 0.1) is 0 Å². The molecule has 0 aliphatic carbocycles. The van der Waals surface area contributed by atoms with Crippen molar-refractivity contribution in [2.24, 2.45) is 0 Å². The number of urea groups is 1. The molecule has 0 aromatic carbocycles. The van der Waals surface area contributed by atoms with Gasteiger partial charge < -0.3 is 19.5 Å². The van der Waals surface area contributed by atoms with Crippen molar-refractivity contribution in [1.82, 2.24) is 20.4 Å². The maximum Gasteiger partial charge on any atom is 0.317 e. The minimum Gasteiger partial charge on any atom is -0.376 e. The largest absolute Gasteiger partial charge is 0.376 e. The molecule has 1 atom stereocenters. The second-order valence-electron chi connectivity index (χ2n) is 5.53. The van der Waals surface area contributed by atoms with Crippen LogP contribution < -0.4 is 5.32 Å². The van der Waals surface area contributed by atoms with Gasteiger partial charge in [-0.2, -0.15) is 4.98 Å². The van der Waals surface area contributed by atoms with Crippen LogP contribution in [0.15, 0.2) is 22.0 Å². The number of ether oxygens (including phenoxy) is 1. The van der Waals surface area contributed by atoms with Crippen molar-refractivity contribution in [2.75, 3.05) is 20.2 Å². The molecule has 1 unspecified atom stereocenters. The number of hydrogen-bond acceptors (Lipinski definition) is 6. The Morgan fingerprint density at radius 3 is 3.22 bits per heavy atom. The standard InChI is InChI=1S/C15H20N4O3S/c1-19(10-11-4-2-6-21-11)15(20)16-9-14-17-13(18-22-14)8-12-5-3-7-23-12/h3,5,7,11H,2,4,6,8-10H2,1H3,(H,16,20). The van der Waals surface area contributed by atoms with Gasteiger partial charge in [-0.15, -0.1) is 11.3 Å². The zero-order chi connectivity index (χ0) is 16.1. The SMILES string of the molecule is CN(CC1CCCO1)C(=O)NCc1nc(Cc2cccs2)no1. The molecule has 8 heteroatoms. The van der Waals surface area contributed by atoms with Crippen LogP contribution in [0.3, 0.4) is 0 Å². The topological polar surface area (TPSA) is 80.5 Å². The van der Waals surface area contributed by atoms with Gasteiger partial charge >= 0.3 is 6.03 Å². The van der Waals surface area contributed by atoms with Crippen molar-refractivity contribution >= 4 is 17.4 Å². The Morgan fingerprint density at radius 2 is 2.48 bits per heavy atom. The lowest BCUT2D eigenvalue weighted by atomic mass is 10.2. The van der Waals surface area contributed by atoms with E-state index in [1.54, 1.807) is 23.3 Å². The van der Waals surface area contributed by atoms with E-state index in [-0.39, 0.29) is 18.7 Å². The third kappa shape index (κ3) is 4.52. The van der Waals surface area contributed by atoms with E-state index in [0.717, 1.165) is 19.4 Å². The van der Waals surface area contributed by atoms with Gasteiger partial charge in [0.25, 0.3) is 0 Å². The van der Waals surface area contributed by atoms with Crippen molar-refractivity contribution in [3.63, 3.8) is 0 Å². The first-order valence-corrected chi connectivity index (χ1v) is 8.53. The first kappa shape index (κ1) is 15.9. The Morgan fingerprint density at radius 1 is 1.57 bits per heavy atom. The molecule has 0 saturated carbocycles. The minimum atomic E-state index is -0.168. The number of thiophene rings is 1. The second-order valence-corrected chi connectivity index (χ2v) is 6.57. The molecule has 2 aromatic heterocycles. The average molecular weight is 336 g/mol. The fourth-order valence-electron chi connectivity index (χ4n) is 2.47. The van der Waals surface area contributed by atoms with Crippen LogP contribution in [0.2, 0.25) is 0 Å². The average Bonchev–Trinajstić information content (AvgIpc) is 3.28. The molecule has 23 heavy (non-hydrogen) atoms. The van der Waals surface area contributed by atoms with Gasteiger partial charge in [-0.3, -0.25) is 0 Å². The molecular formula is C15H20N4O3S. The van der Waals surface area contributed by atoms with E-state index in [1.165, 1.54) is 4.88 Å². The van der Waals surface area contributed by atoms with Crippen LogP contribution in [-0.4, -0.2) is 47.4 Å². The van der Waals surface area contributed by atoms with Crippen LogP contribution in [0.25, 0.3) is 0 Å². The number of carbonyl (C=O) groups is 1. The Labute approximate surface area is 138 Å². The number of rotatable bonds is 6. The van der Waals surface area contributed by atoms with E-state index in [1.807, 2.05) is 17.5 Å². The van der Waals surface area contributed by atoms with E-state index in [9.17, 15) is 4.79 Å². The van der Waals surface area contributed by atoms with Gasteiger partial charge in [0.15, 0.2) is 5.82 Å². The lowest BCUT2D eigenvalue weighted by Crippen LogP contribution is -2.40. The number of nitrogens with zero attached hydrogens (tertiary/aromatic N) is 3. The highest BCUT2D eigenvalue weighted by Crippen LogP contribution is 2.14. The molecule has 1 aliphatic heterocycles. The van der Waals surface area contributed by atoms with Crippen molar-refractivity contribution in [1.29, 1.82) is 0 Å². The van der Waals surface area contributed by atoms with Gasteiger partial charge in [-0.25, -0.2) is 4.79 Å². The van der Waals surface area contributed by atoms with Gasteiger partial charge in [0, 0.05) is 31.5 Å². The van der Waals surface area contributed by atoms with Crippen molar-refractivity contribution in [2.45, 2.75) is 31.9 Å². The molecule has 1 saturated heterocycles. The van der Waals surface area contributed by atoms with Gasteiger partial charge in [0.1, 0.15) is 0 Å². The summed E-state index contributed by atoms with van der Waals surface area (Å²) in [5, 5.41) is 8.73. The van der Waals surface area contributed by atoms with Gasteiger partial charge in [0.05, 0.1) is 12.6 Å². The summed E-state index contributed by atoms with van der Waals surface area (Å²) in [6.45, 7) is 1.61. The maximum absolute atomic E-state index is 12.0. The highest BCUT2D eigenvalue weighted by Gasteiger charge is 2.20. The van der Waals surface area contributed by atoms with Crippen LogP contribution >= 0.6 is 11.3 Å². The molecule has 2 amide bonds. The first-order valence-electron chi connectivity index (χ1n) is 7.65. The molecule has 1 N–H and O–H groups in total. The highest BCUT2D eigenvalue weighted by atomic mass is 32.1. The third-order valence-corrected chi connectivity index (χ3v) is 4.54. The predicted octanol–water partition coefficient (Wildman–Crippen LogP) is 2.04. The Balaban J connectivity index is 1.44. The summed E-state index contributed by atoms with van der Waals surface area (Å²) < 4.78 is 10.7. The minimum absolute atomic E-state index is 0.145. The molecule has 124 valence electrons. The summed E-state index contributed by atoms with van der Waals surface area (Å²) in [5.74, 6) is 1.04. The van der Waals surface area contributed by atoms with Gasteiger partial charge in [-0.1, -0.05) is 11.2 Å². The first-order chi connectivity index (χ1) is 11.2. The molecule has 0 spiro atoms. The van der Waals surface area contributed by atoms with Gasteiger partial charge in [0.2, 0.25) is 5.89 Å². The third-order valence-electron chi connectivity index (χ3n) is 3.66. The summed E-state index contributed by atoms with van der Waals surface area (Å²) in [4.78, 5) is 19.1. The molecule has 0 bridgehead atoms. The predicted molar refractivity (Wildman–Crippen MR) is 85.3 cm³/mol. The summed E-state index contributed by atoms with van der Waals surface area (Å²) in [6.07, 6.45) is 2.86. The maximum atomic E-state index is 12.0. The second kappa shape index (κ2) is 7.56. The van der Waals surface area contributed by atoms with Crippen molar-refractivity contribution < 1.29 is 14.1 Å². The van der Waals surface area contributed by atoms with E-state index in [4.69, 9.17) is 9.26 Å². The quantitative estimate of drug-likeness (QED) is 0.873. The molecule has 1 aliphatic rings. The van der Waals surface area contributed by atoms with Crippen molar-refractivity contribution in [3.8, 4) is 0 Å². The summed E-state index contributed by atoms with van der Waals surface area (Å²) >= 11 is 1.65. The van der Waals surface area contributed by atoms with Crippen LogP contribution in [0.5, 0.6) is 0 Å². The van der Waals surface area contributed by atoms with E-state index in [0.29, 0.717) is 24.7 Å². The molecule has 3 heterocycles. The Bertz CT molecular complexity index is 622. The zero-order valence-corrected chi connectivity index (χ0v) is 13.8. The number of hydrogen-bond donors (Lipinski definition) is 1. The van der Waals surface area contributed by atoms with E-state index in [2.05, 4.69) is 15.5 Å². The van der Waals surface area contributed by atoms with Crippen molar-refractivity contribution in [3.05, 3.63) is 34.1 Å². The molecule has 7 nitrogen and oxygen atoms in total. The fraction of sp³-hybridized carbons (Fsp3) is 0.533. The number of amides is 2. The number of nitrogens with one attached hydrogen (secondary N) is 1. The summed E-state index contributed by atoms with van der Waals surface area (Å²) in [7, 11) is 1.76. The fourth-order valence-corrected chi connectivity index (χ4v) is 3.17. The van der Waals surface area contributed by atoms with Crippen LogP contribution in [0.4, 0.5) is 4.79 Å². The summed E-state index contributed by atoms with van der Waals surface area (Å²) in [5.41, 5.74) is 0.